The van der Waals surface area contributed by atoms with Crippen LogP contribution in [-0.2, 0) is 11.8 Å². The number of benzene rings is 2. The highest BCUT2D eigenvalue weighted by Gasteiger charge is 2.19. The molecule has 0 saturated carbocycles. The Labute approximate surface area is 164 Å². The molecule has 2 aromatic heterocycles. The maximum absolute atomic E-state index is 12.6. The van der Waals surface area contributed by atoms with Crippen LogP contribution in [0, 0.1) is 0 Å². The number of thioether (sulfide) groups is 1. The summed E-state index contributed by atoms with van der Waals surface area (Å²) in [6, 6.07) is 15.0. The van der Waals surface area contributed by atoms with Gasteiger partial charge in [-0.3, -0.25) is 4.79 Å². The Hall–Kier alpha value is -3.33. The van der Waals surface area contributed by atoms with Crippen molar-refractivity contribution in [2.45, 2.75) is 17.3 Å². The van der Waals surface area contributed by atoms with E-state index in [0.29, 0.717) is 21.9 Å². The molecule has 2 heterocycles. The van der Waals surface area contributed by atoms with Crippen LogP contribution < -0.4 is 11.0 Å². The number of aromatic nitrogens is 5. The summed E-state index contributed by atoms with van der Waals surface area (Å²) in [5.74, 6) is 0.587. The smallest absolute Gasteiger partial charge is 0.323 e. The van der Waals surface area contributed by atoms with Crippen molar-refractivity contribution in [2.75, 3.05) is 5.32 Å². The third kappa shape index (κ3) is 3.56. The predicted molar refractivity (Wildman–Crippen MR) is 109 cm³/mol. The van der Waals surface area contributed by atoms with Crippen LogP contribution in [0.2, 0.25) is 0 Å². The second kappa shape index (κ2) is 7.35. The lowest BCUT2D eigenvalue weighted by Gasteiger charge is -2.12. The number of nitrogens with zero attached hydrogens (tertiary/aromatic N) is 3. The van der Waals surface area contributed by atoms with E-state index in [-0.39, 0.29) is 16.8 Å². The average Bonchev–Trinajstić information content (AvgIpc) is 3.24. The van der Waals surface area contributed by atoms with Gasteiger partial charge in [0.1, 0.15) is 0 Å². The third-order valence-electron chi connectivity index (χ3n) is 4.30. The number of hydrogen-bond acceptors (Lipinski definition) is 5. The molecular formula is C19H18N6O2S. The van der Waals surface area contributed by atoms with E-state index in [2.05, 4.69) is 25.5 Å². The number of nitrogens with one attached hydrogen (secondary N) is 3. The molecule has 0 aliphatic heterocycles. The van der Waals surface area contributed by atoms with Gasteiger partial charge in [0.15, 0.2) is 11.0 Å². The van der Waals surface area contributed by atoms with Crippen molar-refractivity contribution in [3.8, 4) is 11.4 Å². The van der Waals surface area contributed by atoms with Crippen molar-refractivity contribution in [3.63, 3.8) is 0 Å². The molecule has 0 unspecified atom stereocenters. The number of aromatic amines is 2. The number of anilines is 1. The van der Waals surface area contributed by atoms with E-state index in [1.54, 1.807) is 18.2 Å². The van der Waals surface area contributed by atoms with Crippen LogP contribution in [-0.4, -0.2) is 35.9 Å². The van der Waals surface area contributed by atoms with E-state index >= 15 is 0 Å². The first-order chi connectivity index (χ1) is 13.5. The molecule has 28 heavy (non-hydrogen) atoms. The van der Waals surface area contributed by atoms with Gasteiger partial charge < -0.3 is 19.9 Å². The van der Waals surface area contributed by atoms with E-state index in [4.69, 9.17) is 0 Å². The molecule has 0 aliphatic carbocycles. The van der Waals surface area contributed by atoms with Crippen molar-refractivity contribution >= 4 is 34.4 Å². The second-order valence-electron chi connectivity index (χ2n) is 6.32. The summed E-state index contributed by atoms with van der Waals surface area (Å²) in [4.78, 5) is 29.3. The summed E-state index contributed by atoms with van der Waals surface area (Å²) >= 11 is 1.33. The Morgan fingerprint density at radius 2 is 1.86 bits per heavy atom. The van der Waals surface area contributed by atoms with Gasteiger partial charge in [-0.25, -0.2) is 4.79 Å². The zero-order valence-electron chi connectivity index (χ0n) is 15.3. The van der Waals surface area contributed by atoms with E-state index < -0.39 is 0 Å². The molecule has 0 saturated heterocycles. The van der Waals surface area contributed by atoms with E-state index in [1.165, 1.54) is 11.8 Å². The van der Waals surface area contributed by atoms with Crippen LogP contribution in [0.1, 0.15) is 6.92 Å². The third-order valence-corrected chi connectivity index (χ3v) is 5.44. The highest BCUT2D eigenvalue weighted by atomic mass is 32.2. The monoisotopic (exact) mass is 394 g/mol. The van der Waals surface area contributed by atoms with Gasteiger partial charge >= 0.3 is 5.69 Å². The van der Waals surface area contributed by atoms with Gasteiger partial charge in [0.25, 0.3) is 0 Å². The number of carbonyl (C=O) groups is 1. The molecule has 0 fully saturated rings. The topological polar surface area (TPSA) is 108 Å². The van der Waals surface area contributed by atoms with Gasteiger partial charge in [-0.05, 0) is 25.1 Å². The highest BCUT2D eigenvalue weighted by molar-refractivity contribution is 8.00. The number of rotatable bonds is 5. The Balaban J connectivity index is 1.47. The maximum Gasteiger partial charge on any atom is 0.323 e. The normalized spacial score (nSPS) is 12.2. The minimum atomic E-state index is -0.382. The van der Waals surface area contributed by atoms with Crippen molar-refractivity contribution < 1.29 is 4.79 Å². The Kier molecular flexibility index (Phi) is 4.74. The van der Waals surface area contributed by atoms with Gasteiger partial charge in [-0.1, -0.05) is 42.1 Å². The van der Waals surface area contributed by atoms with Crippen molar-refractivity contribution in [1.82, 2.24) is 24.7 Å². The van der Waals surface area contributed by atoms with Crippen LogP contribution >= 0.6 is 11.8 Å². The second-order valence-corrected chi connectivity index (χ2v) is 7.63. The number of imidazole rings is 1. The summed E-state index contributed by atoms with van der Waals surface area (Å²) in [5, 5.41) is 11.6. The Bertz CT molecular complexity index is 1190. The fourth-order valence-corrected chi connectivity index (χ4v) is 3.64. The molecule has 0 radical (unpaired) electrons. The molecule has 4 aromatic rings. The van der Waals surface area contributed by atoms with Crippen molar-refractivity contribution in [1.29, 1.82) is 0 Å². The maximum atomic E-state index is 12.6. The van der Waals surface area contributed by atoms with Crippen LogP contribution in [0.25, 0.3) is 22.4 Å². The number of amides is 1. The fraction of sp³-hybridized carbons (Fsp3) is 0.158. The van der Waals surface area contributed by atoms with Gasteiger partial charge in [0.05, 0.1) is 16.3 Å². The van der Waals surface area contributed by atoms with Crippen molar-refractivity contribution in [3.05, 3.63) is 59.0 Å². The van der Waals surface area contributed by atoms with E-state index in [9.17, 15) is 9.59 Å². The zero-order valence-corrected chi connectivity index (χ0v) is 16.1. The predicted octanol–water partition coefficient (Wildman–Crippen LogP) is 2.77. The lowest BCUT2D eigenvalue weighted by atomic mass is 10.2. The van der Waals surface area contributed by atoms with Crippen molar-refractivity contribution in [2.24, 2.45) is 7.05 Å². The molecule has 2 aromatic carbocycles. The molecule has 0 bridgehead atoms. The lowest BCUT2D eigenvalue weighted by molar-refractivity contribution is -0.115. The number of hydrogen-bond donors (Lipinski definition) is 3. The quantitative estimate of drug-likeness (QED) is 0.451. The molecule has 142 valence electrons. The van der Waals surface area contributed by atoms with Crippen LogP contribution in [0.5, 0.6) is 0 Å². The molecule has 4 rings (SSSR count). The molecule has 0 spiro atoms. The molecule has 1 atom stereocenters. The van der Waals surface area contributed by atoms with Gasteiger partial charge in [-0.15, -0.1) is 10.2 Å². The van der Waals surface area contributed by atoms with Crippen LogP contribution in [0.15, 0.2) is 58.5 Å². The summed E-state index contributed by atoms with van der Waals surface area (Å²) in [7, 11) is 1.88. The highest BCUT2D eigenvalue weighted by Crippen LogP contribution is 2.26. The molecule has 3 N–H and O–H groups in total. The first kappa shape index (κ1) is 18.1. The molecule has 9 heteroatoms. The lowest BCUT2D eigenvalue weighted by Crippen LogP contribution is -2.22. The Morgan fingerprint density at radius 3 is 2.64 bits per heavy atom. The number of carbonyl (C=O) groups excluding carboxylic acids is 1. The number of H-pyrrole nitrogens is 2. The van der Waals surface area contributed by atoms with Gasteiger partial charge in [0, 0.05) is 18.3 Å². The number of fused-ring (bicyclic) bond motifs is 1. The standard InChI is InChI=1S/C19H18N6O2S/c1-11(17(26)20-13-8-9-14-15(10-13)22-18(27)21-14)28-19-24-23-16(25(19)2)12-6-4-3-5-7-12/h3-11H,1-2H3,(H,20,26)(H2,21,22,27)/t11-/m0/s1. The molecule has 0 aliphatic rings. The minimum Gasteiger partial charge on any atom is -0.325 e. The van der Waals surface area contributed by atoms with Crippen LogP contribution in [0.4, 0.5) is 5.69 Å². The Morgan fingerprint density at radius 1 is 1.11 bits per heavy atom. The SMILES string of the molecule is C[C@H](Sc1nnc(-c2ccccc2)n1C)C(=O)Nc1ccc2[nH]c(=O)[nH]c2c1. The largest absolute Gasteiger partial charge is 0.325 e. The molecule has 1 amide bonds. The summed E-state index contributed by atoms with van der Waals surface area (Å²) in [5.41, 5.74) is 2.64. The van der Waals surface area contributed by atoms with Gasteiger partial charge in [0.2, 0.25) is 5.91 Å². The molecule has 8 nitrogen and oxygen atoms in total. The summed E-state index contributed by atoms with van der Waals surface area (Å²) in [6.45, 7) is 1.81. The van der Waals surface area contributed by atoms with E-state index in [0.717, 1.165) is 11.4 Å². The van der Waals surface area contributed by atoms with Gasteiger partial charge in [-0.2, -0.15) is 0 Å². The van der Waals surface area contributed by atoms with Crippen LogP contribution in [0.3, 0.4) is 0 Å². The minimum absolute atomic E-state index is 0.161. The summed E-state index contributed by atoms with van der Waals surface area (Å²) in [6.07, 6.45) is 0. The van der Waals surface area contributed by atoms with E-state index in [1.807, 2.05) is 48.9 Å². The fourth-order valence-electron chi connectivity index (χ4n) is 2.82. The molecular weight excluding hydrogens is 376 g/mol. The first-order valence-electron chi connectivity index (χ1n) is 8.65. The first-order valence-corrected chi connectivity index (χ1v) is 9.53. The summed E-state index contributed by atoms with van der Waals surface area (Å²) < 4.78 is 1.88. The zero-order chi connectivity index (χ0) is 19.7. The average molecular weight is 394 g/mol.